The second kappa shape index (κ2) is 4.28. The van der Waals surface area contributed by atoms with E-state index < -0.39 is 5.63 Å². The summed E-state index contributed by atoms with van der Waals surface area (Å²) in [7, 11) is 0. The van der Waals surface area contributed by atoms with Gasteiger partial charge in [-0.1, -0.05) is 30.3 Å². The molecule has 0 saturated carbocycles. The molecule has 1 heterocycles. The van der Waals surface area contributed by atoms with Gasteiger partial charge in [0.2, 0.25) is 0 Å². The molecule has 0 fully saturated rings. The van der Waals surface area contributed by atoms with Crippen LogP contribution in [-0.4, -0.2) is 5.11 Å². The van der Waals surface area contributed by atoms with Crippen LogP contribution in [0.4, 0.5) is 0 Å². The quantitative estimate of drug-likeness (QED) is 0.674. The van der Waals surface area contributed by atoms with E-state index in [9.17, 15) is 9.90 Å². The number of fused-ring (bicyclic) bond motifs is 1. The largest absolute Gasteiger partial charge is 0.507 e. The average Bonchev–Trinajstić information content (AvgIpc) is 2.39. The van der Waals surface area contributed by atoms with Crippen molar-refractivity contribution in [2.24, 2.45) is 0 Å². The highest BCUT2D eigenvalue weighted by atomic mass is 16.4. The number of rotatable bonds is 1. The number of benzene rings is 2. The first-order valence-electron chi connectivity index (χ1n) is 5.98. The molecule has 1 aromatic heterocycles. The third-order valence-corrected chi connectivity index (χ3v) is 3.16. The second-order valence-electron chi connectivity index (χ2n) is 4.45. The van der Waals surface area contributed by atoms with E-state index in [-0.39, 0.29) is 5.75 Å². The van der Waals surface area contributed by atoms with E-state index in [0.29, 0.717) is 11.1 Å². The molecule has 0 spiro atoms. The number of hydrogen-bond acceptors (Lipinski definition) is 3. The zero-order chi connectivity index (χ0) is 13.4. The highest BCUT2D eigenvalue weighted by molar-refractivity contribution is 5.96. The Labute approximate surface area is 109 Å². The molecule has 3 aromatic rings. The monoisotopic (exact) mass is 252 g/mol. The average molecular weight is 252 g/mol. The maximum absolute atomic E-state index is 11.6. The molecule has 0 aliphatic heterocycles. The van der Waals surface area contributed by atoms with Crippen molar-refractivity contribution in [3.05, 3.63) is 64.5 Å². The number of phenols is 1. The van der Waals surface area contributed by atoms with Crippen molar-refractivity contribution in [2.75, 3.05) is 0 Å². The Hall–Kier alpha value is -2.55. The normalized spacial score (nSPS) is 10.8. The number of hydrogen-bond donors (Lipinski definition) is 1. The SMILES string of the molecule is Cc1cc(=O)oc2c(-c3ccccc3)c(O)ccc12. The lowest BCUT2D eigenvalue weighted by Gasteiger charge is -2.09. The molecule has 3 heteroatoms. The summed E-state index contributed by atoms with van der Waals surface area (Å²) in [6.07, 6.45) is 0. The van der Waals surface area contributed by atoms with Crippen LogP contribution in [0.2, 0.25) is 0 Å². The van der Waals surface area contributed by atoms with Crippen LogP contribution >= 0.6 is 0 Å². The van der Waals surface area contributed by atoms with E-state index in [1.165, 1.54) is 6.07 Å². The topological polar surface area (TPSA) is 50.4 Å². The van der Waals surface area contributed by atoms with Crippen LogP contribution in [0.5, 0.6) is 5.75 Å². The summed E-state index contributed by atoms with van der Waals surface area (Å²) in [4.78, 5) is 11.6. The minimum absolute atomic E-state index is 0.104. The Morgan fingerprint density at radius 1 is 1.05 bits per heavy atom. The van der Waals surface area contributed by atoms with Crippen LogP contribution in [0.1, 0.15) is 5.56 Å². The van der Waals surface area contributed by atoms with Crippen molar-refractivity contribution >= 4 is 11.0 Å². The first-order valence-corrected chi connectivity index (χ1v) is 5.98. The Morgan fingerprint density at radius 2 is 1.79 bits per heavy atom. The van der Waals surface area contributed by atoms with E-state index in [4.69, 9.17) is 4.42 Å². The Kier molecular flexibility index (Phi) is 2.60. The summed E-state index contributed by atoms with van der Waals surface area (Å²) < 4.78 is 5.29. The summed E-state index contributed by atoms with van der Waals surface area (Å²) in [6, 6.07) is 14.2. The summed E-state index contributed by atoms with van der Waals surface area (Å²) in [5, 5.41) is 10.9. The predicted octanol–water partition coefficient (Wildman–Crippen LogP) is 3.47. The van der Waals surface area contributed by atoms with Crippen LogP contribution < -0.4 is 5.63 Å². The van der Waals surface area contributed by atoms with Gasteiger partial charge >= 0.3 is 5.63 Å². The summed E-state index contributed by atoms with van der Waals surface area (Å²) in [5.74, 6) is 0.104. The zero-order valence-electron chi connectivity index (χ0n) is 10.4. The van der Waals surface area contributed by atoms with Crippen molar-refractivity contribution in [1.29, 1.82) is 0 Å². The van der Waals surface area contributed by atoms with E-state index in [0.717, 1.165) is 16.5 Å². The molecule has 1 N–H and O–H groups in total. The summed E-state index contributed by atoms with van der Waals surface area (Å²) in [5.41, 5.74) is 2.23. The first kappa shape index (κ1) is 11.5. The summed E-state index contributed by atoms with van der Waals surface area (Å²) >= 11 is 0. The van der Waals surface area contributed by atoms with Gasteiger partial charge in [0.15, 0.2) is 0 Å². The number of phenolic OH excluding ortho intramolecular Hbond substituents is 1. The van der Waals surface area contributed by atoms with E-state index in [2.05, 4.69) is 0 Å². The Balaban J connectivity index is 2.47. The fraction of sp³-hybridized carbons (Fsp3) is 0.0625. The molecule has 0 saturated heterocycles. The van der Waals surface area contributed by atoms with Gasteiger partial charge in [-0.2, -0.15) is 0 Å². The fourth-order valence-corrected chi connectivity index (χ4v) is 2.26. The van der Waals surface area contributed by atoms with Gasteiger partial charge in [0.05, 0.1) is 5.56 Å². The van der Waals surface area contributed by atoms with Gasteiger partial charge in [0.25, 0.3) is 0 Å². The fourth-order valence-electron chi connectivity index (χ4n) is 2.26. The van der Waals surface area contributed by atoms with Crippen molar-refractivity contribution in [3.8, 4) is 16.9 Å². The van der Waals surface area contributed by atoms with Gasteiger partial charge in [-0.25, -0.2) is 4.79 Å². The minimum atomic E-state index is -0.409. The lowest BCUT2D eigenvalue weighted by atomic mass is 10.00. The second-order valence-corrected chi connectivity index (χ2v) is 4.45. The third kappa shape index (κ3) is 1.89. The summed E-state index contributed by atoms with van der Waals surface area (Å²) in [6.45, 7) is 1.85. The van der Waals surface area contributed by atoms with Gasteiger partial charge in [-0.3, -0.25) is 0 Å². The molecule has 0 amide bonds. The molecule has 19 heavy (non-hydrogen) atoms. The van der Waals surface area contributed by atoms with E-state index in [1.807, 2.05) is 37.3 Å². The molecule has 0 atom stereocenters. The number of aryl methyl sites for hydroxylation is 1. The van der Waals surface area contributed by atoms with E-state index in [1.54, 1.807) is 12.1 Å². The highest BCUT2D eigenvalue weighted by Gasteiger charge is 2.13. The van der Waals surface area contributed by atoms with Crippen molar-refractivity contribution in [3.63, 3.8) is 0 Å². The van der Waals surface area contributed by atoms with E-state index >= 15 is 0 Å². The van der Waals surface area contributed by atoms with Gasteiger partial charge in [0, 0.05) is 11.5 Å². The predicted molar refractivity (Wildman–Crippen MR) is 74.3 cm³/mol. The highest BCUT2D eigenvalue weighted by Crippen LogP contribution is 2.36. The van der Waals surface area contributed by atoms with Gasteiger partial charge in [-0.15, -0.1) is 0 Å². The van der Waals surface area contributed by atoms with Crippen molar-refractivity contribution in [1.82, 2.24) is 0 Å². The lowest BCUT2D eigenvalue weighted by molar-refractivity contribution is 0.475. The van der Waals surface area contributed by atoms with Crippen LogP contribution in [0.25, 0.3) is 22.1 Å². The molecular formula is C16H12O3. The molecule has 0 aliphatic rings. The number of aromatic hydroxyl groups is 1. The molecule has 2 aromatic carbocycles. The Bertz CT molecular complexity index is 801. The zero-order valence-corrected chi connectivity index (χ0v) is 10.4. The van der Waals surface area contributed by atoms with Crippen molar-refractivity contribution in [2.45, 2.75) is 6.92 Å². The van der Waals surface area contributed by atoms with Crippen LogP contribution in [0.15, 0.2) is 57.7 Å². The van der Waals surface area contributed by atoms with Gasteiger partial charge in [-0.05, 0) is 30.2 Å². The molecule has 0 aliphatic carbocycles. The Morgan fingerprint density at radius 3 is 2.53 bits per heavy atom. The third-order valence-electron chi connectivity index (χ3n) is 3.16. The molecule has 3 rings (SSSR count). The molecule has 0 unspecified atom stereocenters. The van der Waals surface area contributed by atoms with Crippen LogP contribution in [0, 0.1) is 6.92 Å². The molecule has 94 valence electrons. The molecule has 0 radical (unpaired) electrons. The van der Waals surface area contributed by atoms with Gasteiger partial charge in [0.1, 0.15) is 11.3 Å². The first-order chi connectivity index (χ1) is 9.16. The minimum Gasteiger partial charge on any atom is -0.507 e. The van der Waals surface area contributed by atoms with Crippen LogP contribution in [-0.2, 0) is 0 Å². The van der Waals surface area contributed by atoms with Gasteiger partial charge < -0.3 is 9.52 Å². The van der Waals surface area contributed by atoms with Crippen molar-refractivity contribution < 1.29 is 9.52 Å². The lowest BCUT2D eigenvalue weighted by Crippen LogP contribution is -1.98. The molecule has 0 bridgehead atoms. The van der Waals surface area contributed by atoms with Crippen LogP contribution in [0.3, 0.4) is 0 Å². The standard InChI is InChI=1S/C16H12O3/c1-10-9-14(18)19-16-12(10)7-8-13(17)15(16)11-5-3-2-4-6-11/h2-9,17H,1H3. The maximum Gasteiger partial charge on any atom is 0.336 e. The maximum atomic E-state index is 11.6. The molecular weight excluding hydrogens is 240 g/mol. The molecule has 3 nitrogen and oxygen atoms in total. The smallest absolute Gasteiger partial charge is 0.336 e.